The number of hydrogen-bond acceptors (Lipinski definition) is 3. The van der Waals surface area contributed by atoms with Gasteiger partial charge < -0.3 is 13.9 Å². The van der Waals surface area contributed by atoms with E-state index in [0.717, 1.165) is 17.3 Å². The molecule has 0 N–H and O–H groups in total. The van der Waals surface area contributed by atoms with E-state index in [1.54, 1.807) is 25.3 Å². The summed E-state index contributed by atoms with van der Waals surface area (Å²) in [5, 5.41) is 1.54. The van der Waals surface area contributed by atoms with Crippen molar-refractivity contribution in [2.75, 3.05) is 18.6 Å². The van der Waals surface area contributed by atoms with E-state index in [2.05, 4.69) is 0 Å². The first-order valence-corrected chi connectivity index (χ1v) is 8.89. The third kappa shape index (κ3) is 3.93. The van der Waals surface area contributed by atoms with Gasteiger partial charge in [-0.25, -0.2) is 4.79 Å². The number of carbonyl (C=O) groups is 1. The summed E-state index contributed by atoms with van der Waals surface area (Å²) >= 11 is 5.17. The minimum Gasteiger partial charge on any atom is -0.617 e. The minimum absolute atomic E-state index is 0.333. The highest BCUT2D eigenvalue weighted by atomic mass is 35.5. The number of ether oxygens (including phenoxy) is 1. The van der Waals surface area contributed by atoms with Crippen LogP contribution in [-0.4, -0.2) is 33.7 Å². The van der Waals surface area contributed by atoms with Crippen molar-refractivity contribution in [3.63, 3.8) is 0 Å². The van der Waals surface area contributed by atoms with Gasteiger partial charge in [0, 0.05) is 28.9 Å². The molecule has 0 radical (unpaired) electrons. The summed E-state index contributed by atoms with van der Waals surface area (Å²) in [5.74, 6) is 0.262. The van der Waals surface area contributed by atoms with Gasteiger partial charge in [0.1, 0.15) is 11.4 Å². The van der Waals surface area contributed by atoms with Crippen molar-refractivity contribution >= 4 is 39.6 Å². The molecule has 2 rings (SSSR count). The van der Waals surface area contributed by atoms with Gasteiger partial charge in [-0.15, -0.1) is 0 Å². The highest BCUT2D eigenvalue weighted by Crippen LogP contribution is 2.24. The van der Waals surface area contributed by atoms with Crippen LogP contribution in [0.3, 0.4) is 0 Å². The second-order valence-electron chi connectivity index (χ2n) is 4.74. The molecule has 1 aromatic carbocycles. The van der Waals surface area contributed by atoms with E-state index < -0.39 is 11.2 Å². The molecule has 2 aromatic rings. The van der Waals surface area contributed by atoms with E-state index in [-0.39, 0.29) is 5.97 Å². The Labute approximate surface area is 132 Å². The third-order valence-electron chi connectivity index (χ3n) is 3.16. The fourth-order valence-electron chi connectivity index (χ4n) is 2.28. The average Bonchev–Trinajstić information content (AvgIpc) is 2.77. The van der Waals surface area contributed by atoms with Gasteiger partial charge in [-0.1, -0.05) is 22.8 Å². The number of esters is 1. The number of carbonyl (C=O) groups excluding carboxylic acids is 1. The van der Waals surface area contributed by atoms with Crippen LogP contribution in [0.4, 0.5) is 0 Å². The molecule has 0 saturated heterocycles. The fourth-order valence-corrected chi connectivity index (χ4v) is 3.00. The lowest BCUT2D eigenvalue weighted by atomic mass is 10.2. The largest absolute Gasteiger partial charge is 0.617 e. The van der Waals surface area contributed by atoms with Crippen LogP contribution in [0, 0.1) is 0 Å². The fraction of sp³-hybridized carbons (Fsp3) is 0.400. The second-order valence-corrected chi connectivity index (χ2v) is 6.73. The van der Waals surface area contributed by atoms with E-state index in [9.17, 15) is 9.35 Å². The van der Waals surface area contributed by atoms with E-state index >= 15 is 0 Å². The molecular formula is C15H18ClNO3S. The first-order valence-electron chi connectivity index (χ1n) is 6.79. The molecule has 4 nitrogen and oxygen atoms in total. The minimum atomic E-state index is -0.836. The van der Waals surface area contributed by atoms with Crippen molar-refractivity contribution in [2.45, 2.75) is 19.9 Å². The molecule has 1 atom stereocenters. The van der Waals surface area contributed by atoms with Crippen LogP contribution < -0.4 is 0 Å². The monoisotopic (exact) mass is 327 g/mol. The van der Waals surface area contributed by atoms with Crippen LogP contribution >= 0.6 is 11.6 Å². The van der Waals surface area contributed by atoms with Crippen LogP contribution in [-0.2, 0) is 22.5 Å². The Hall–Kier alpha value is -1.17. The Balaban J connectivity index is 2.37. The van der Waals surface area contributed by atoms with Crippen LogP contribution in [0.5, 0.6) is 0 Å². The molecule has 0 fully saturated rings. The van der Waals surface area contributed by atoms with Gasteiger partial charge in [0.25, 0.3) is 0 Å². The van der Waals surface area contributed by atoms with Gasteiger partial charge in [0.15, 0.2) is 0 Å². The number of benzene rings is 1. The Morgan fingerprint density at radius 3 is 2.86 bits per heavy atom. The zero-order valence-corrected chi connectivity index (χ0v) is 13.7. The average molecular weight is 328 g/mol. The maximum absolute atomic E-state index is 12.1. The first kappa shape index (κ1) is 16.2. The molecule has 0 saturated carbocycles. The van der Waals surface area contributed by atoms with E-state index in [1.165, 1.54) is 0 Å². The number of rotatable bonds is 6. The van der Waals surface area contributed by atoms with Crippen molar-refractivity contribution in [3.05, 3.63) is 35.0 Å². The molecular weight excluding hydrogens is 310 g/mol. The number of hydrogen-bond donors (Lipinski definition) is 0. The standard InChI is InChI=1S/C15H18ClNO3S/c1-3-20-15(18)14-10-11-9-12(16)5-6-13(11)17(14)7-4-8-21(2)19/h5-6,9-10H,3-4,7-8H2,1-2H3. The van der Waals surface area contributed by atoms with Gasteiger partial charge in [-0.3, -0.25) is 0 Å². The molecule has 0 aliphatic carbocycles. The normalized spacial score (nSPS) is 12.6. The van der Waals surface area contributed by atoms with Crippen molar-refractivity contribution in [1.82, 2.24) is 4.57 Å². The summed E-state index contributed by atoms with van der Waals surface area (Å²) in [5.41, 5.74) is 1.44. The van der Waals surface area contributed by atoms with E-state index in [1.807, 2.05) is 16.7 Å². The van der Waals surface area contributed by atoms with Crippen LogP contribution in [0.1, 0.15) is 23.8 Å². The van der Waals surface area contributed by atoms with Crippen molar-refractivity contribution < 1.29 is 14.1 Å². The third-order valence-corrected chi connectivity index (χ3v) is 4.26. The predicted octanol–water partition coefficient (Wildman–Crippen LogP) is 3.24. The Kier molecular flexibility index (Phi) is 5.56. The number of halogens is 1. The number of fused-ring (bicyclic) bond motifs is 1. The summed E-state index contributed by atoms with van der Waals surface area (Å²) in [6, 6.07) is 7.31. The SMILES string of the molecule is CCOC(=O)c1cc2cc(Cl)ccc2n1CCC[S+](C)[O-]. The zero-order chi connectivity index (χ0) is 15.4. The Morgan fingerprint density at radius 2 is 2.19 bits per heavy atom. The molecule has 0 aliphatic rings. The Morgan fingerprint density at radius 1 is 1.43 bits per heavy atom. The van der Waals surface area contributed by atoms with Gasteiger partial charge >= 0.3 is 5.97 Å². The second kappa shape index (κ2) is 7.20. The molecule has 6 heteroatoms. The lowest BCUT2D eigenvalue weighted by Gasteiger charge is -2.10. The van der Waals surface area contributed by atoms with E-state index in [4.69, 9.17) is 16.3 Å². The molecule has 0 spiro atoms. The molecule has 1 unspecified atom stereocenters. The molecule has 21 heavy (non-hydrogen) atoms. The van der Waals surface area contributed by atoms with Gasteiger partial charge in [0.2, 0.25) is 0 Å². The highest BCUT2D eigenvalue weighted by Gasteiger charge is 2.17. The van der Waals surface area contributed by atoms with Crippen LogP contribution in [0.15, 0.2) is 24.3 Å². The first-order chi connectivity index (χ1) is 10.0. The zero-order valence-electron chi connectivity index (χ0n) is 12.1. The quantitative estimate of drug-likeness (QED) is 0.604. The van der Waals surface area contributed by atoms with Gasteiger partial charge in [0.05, 0.1) is 12.9 Å². The Bertz CT molecular complexity index is 639. The molecule has 1 heterocycles. The molecule has 0 amide bonds. The summed E-state index contributed by atoms with van der Waals surface area (Å²) in [4.78, 5) is 12.1. The topological polar surface area (TPSA) is 54.3 Å². The molecule has 114 valence electrons. The van der Waals surface area contributed by atoms with E-state index in [0.29, 0.717) is 29.6 Å². The van der Waals surface area contributed by atoms with Crippen LogP contribution in [0.2, 0.25) is 5.02 Å². The number of nitrogens with zero attached hydrogens (tertiary/aromatic N) is 1. The van der Waals surface area contributed by atoms with Crippen molar-refractivity contribution in [3.8, 4) is 0 Å². The summed E-state index contributed by atoms with van der Waals surface area (Å²) in [7, 11) is 0. The number of aromatic nitrogens is 1. The molecule has 0 aliphatic heterocycles. The van der Waals surface area contributed by atoms with Crippen LogP contribution in [0.25, 0.3) is 10.9 Å². The predicted molar refractivity (Wildman–Crippen MR) is 86.5 cm³/mol. The molecule has 0 bridgehead atoms. The maximum Gasteiger partial charge on any atom is 0.354 e. The maximum atomic E-state index is 12.1. The lowest BCUT2D eigenvalue weighted by Crippen LogP contribution is -2.14. The van der Waals surface area contributed by atoms with Crippen molar-refractivity contribution in [2.24, 2.45) is 0 Å². The highest BCUT2D eigenvalue weighted by molar-refractivity contribution is 7.90. The summed E-state index contributed by atoms with van der Waals surface area (Å²) in [6.07, 6.45) is 2.42. The summed E-state index contributed by atoms with van der Waals surface area (Å²) < 4.78 is 18.2. The lowest BCUT2D eigenvalue weighted by molar-refractivity contribution is 0.0514. The van der Waals surface area contributed by atoms with Crippen molar-refractivity contribution in [1.29, 1.82) is 0 Å². The smallest absolute Gasteiger partial charge is 0.354 e. The molecule has 1 aromatic heterocycles. The summed E-state index contributed by atoms with van der Waals surface area (Å²) in [6.45, 7) is 2.74. The number of aryl methyl sites for hydroxylation is 1. The van der Waals surface area contributed by atoms with Gasteiger partial charge in [-0.05, 0) is 31.2 Å². The van der Waals surface area contributed by atoms with Gasteiger partial charge in [-0.2, -0.15) is 0 Å².